The highest BCUT2D eigenvalue weighted by molar-refractivity contribution is 9.10. The lowest BCUT2D eigenvalue weighted by Crippen LogP contribution is -1.85. The van der Waals surface area contributed by atoms with Gasteiger partial charge in [-0.1, -0.05) is 11.6 Å². The van der Waals surface area contributed by atoms with Crippen molar-refractivity contribution < 1.29 is 4.79 Å². The van der Waals surface area contributed by atoms with E-state index in [1.165, 1.54) is 0 Å². The summed E-state index contributed by atoms with van der Waals surface area (Å²) in [5, 5.41) is 7.89. The zero-order valence-corrected chi connectivity index (χ0v) is 8.69. The van der Waals surface area contributed by atoms with Gasteiger partial charge in [-0.3, -0.25) is 9.89 Å². The summed E-state index contributed by atoms with van der Waals surface area (Å²) >= 11 is 9.15. The Balaban J connectivity index is 2.92. The van der Waals surface area contributed by atoms with Gasteiger partial charge in [0.1, 0.15) is 0 Å². The van der Waals surface area contributed by atoms with Crippen LogP contribution in [0.3, 0.4) is 0 Å². The standard InChI is InChI=1S/C8H4BrClN2O/c9-8-4-2-11-12-7(4)1-6(10)5(8)3-13/h1-3H,(H,11,12). The first-order chi connectivity index (χ1) is 6.24. The lowest BCUT2D eigenvalue weighted by Gasteiger charge is -2.00. The number of aldehydes is 1. The van der Waals surface area contributed by atoms with E-state index < -0.39 is 0 Å². The molecule has 0 saturated carbocycles. The molecule has 0 unspecified atom stereocenters. The zero-order valence-electron chi connectivity index (χ0n) is 6.34. The predicted molar refractivity (Wildman–Crippen MR) is 54.2 cm³/mol. The minimum atomic E-state index is 0.415. The molecule has 5 heteroatoms. The number of nitrogens with zero attached hydrogens (tertiary/aromatic N) is 1. The van der Waals surface area contributed by atoms with Crippen molar-refractivity contribution in [3.05, 3.63) is 27.3 Å². The highest BCUT2D eigenvalue weighted by Crippen LogP contribution is 2.30. The molecule has 0 radical (unpaired) electrons. The van der Waals surface area contributed by atoms with Gasteiger partial charge in [-0.2, -0.15) is 5.10 Å². The summed E-state index contributed by atoms with van der Waals surface area (Å²) in [6.07, 6.45) is 2.36. The van der Waals surface area contributed by atoms with E-state index in [9.17, 15) is 4.79 Å². The monoisotopic (exact) mass is 258 g/mol. The first-order valence-corrected chi connectivity index (χ1v) is 4.67. The van der Waals surface area contributed by atoms with Gasteiger partial charge in [0.05, 0.1) is 16.7 Å². The molecule has 0 saturated heterocycles. The molecule has 66 valence electrons. The second-order valence-electron chi connectivity index (χ2n) is 2.54. The van der Waals surface area contributed by atoms with E-state index in [0.29, 0.717) is 15.1 Å². The Morgan fingerprint density at radius 1 is 1.62 bits per heavy atom. The molecule has 2 aromatic rings. The number of rotatable bonds is 1. The van der Waals surface area contributed by atoms with Gasteiger partial charge >= 0.3 is 0 Å². The molecule has 0 amide bonds. The van der Waals surface area contributed by atoms with Crippen molar-refractivity contribution in [2.24, 2.45) is 0 Å². The number of hydrogen-bond donors (Lipinski definition) is 1. The van der Waals surface area contributed by atoms with Crippen LogP contribution in [-0.4, -0.2) is 16.5 Å². The van der Waals surface area contributed by atoms with Gasteiger partial charge in [0.2, 0.25) is 0 Å². The Kier molecular flexibility index (Phi) is 2.09. The normalized spacial score (nSPS) is 10.6. The Morgan fingerprint density at radius 2 is 2.38 bits per heavy atom. The predicted octanol–water partition coefficient (Wildman–Crippen LogP) is 2.79. The Bertz CT molecular complexity index is 480. The average Bonchev–Trinajstić information content (AvgIpc) is 2.53. The lowest BCUT2D eigenvalue weighted by molar-refractivity contribution is 0.112. The van der Waals surface area contributed by atoms with Crippen molar-refractivity contribution in [3.8, 4) is 0 Å². The molecule has 1 heterocycles. The van der Waals surface area contributed by atoms with Crippen LogP contribution in [0.2, 0.25) is 5.02 Å². The molecule has 0 bridgehead atoms. The molecule has 0 aliphatic heterocycles. The Hall–Kier alpha value is -0.870. The first kappa shape index (κ1) is 8.72. The summed E-state index contributed by atoms with van der Waals surface area (Å²) in [5.74, 6) is 0. The molecule has 0 spiro atoms. The lowest BCUT2D eigenvalue weighted by atomic mass is 10.2. The summed E-state index contributed by atoms with van der Waals surface area (Å²) in [4.78, 5) is 10.7. The minimum Gasteiger partial charge on any atom is -0.298 e. The Morgan fingerprint density at radius 3 is 3.08 bits per heavy atom. The minimum absolute atomic E-state index is 0.415. The maximum atomic E-state index is 10.7. The highest BCUT2D eigenvalue weighted by Gasteiger charge is 2.10. The van der Waals surface area contributed by atoms with Gasteiger partial charge in [-0.25, -0.2) is 0 Å². The third-order valence-corrected chi connectivity index (χ3v) is 2.96. The number of aromatic nitrogens is 2. The van der Waals surface area contributed by atoms with Crippen molar-refractivity contribution in [1.82, 2.24) is 10.2 Å². The van der Waals surface area contributed by atoms with Crippen LogP contribution >= 0.6 is 27.5 Å². The van der Waals surface area contributed by atoms with Gasteiger partial charge < -0.3 is 0 Å². The van der Waals surface area contributed by atoms with Gasteiger partial charge in [0.15, 0.2) is 6.29 Å². The quantitative estimate of drug-likeness (QED) is 0.801. The van der Waals surface area contributed by atoms with Gasteiger partial charge in [0, 0.05) is 15.4 Å². The molecule has 2 rings (SSSR count). The summed E-state index contributed by atoms with van der Waals surface area (Å²) in [6, 6.07) is 1.68. The van der Waals surface area contributed by atoms with Crippen LogP contribution in [0, 0.1) is 0 Å². The number of nitrogens with one attached hydrogen (secondary N) is 1. The molecular formula is C8H4BrClN2O. The van der Waals surface area contributed by atoms with Gasteiger partial charge in [-0.05, 0) is 22.0 Å². The van der Waals surface area contributed by atoms with Gasteiger partial charge in [0.25, 0.3) is 0 Å². The summed E-state index contributed by atoms with van der Waals surface area (Å²) < 4.78 is 0.679. The fraction of sp³-hybridized carbons (Fsp3) is 0. The number of hydrogen-bond acceptors (Lipinski definition) is 2. The van der Waals surface area contributed by atoms with E-state index in [1.807, 2.05) is 0 Å². The topological polar surface area (TPSA) is 45.8 Å². The number of carbonyl (C=O) groups is 1. The van der Waals surface area contributed by atoms with E-state index in [0.717, 1.165) is 17.2 Å². The van der Waals surface area contributed by atoms with Crippen molar-refractivity contribution in [2.75, 3.05) is 0 Å². The van der Waals surface area contributed by atoms with Crippen molar-refractivity contribution in [3.63, 3.8) is 0 Å². The van der Waals surface area contributed by atoms with E-state index in [2.05, 4.69) is 26.1 Å². The number of carbonyl (C=O) groups excluding carboxylic acids is 1. The molecule has 1 N–H and O–H groups in total. The number of halogens is 2. The van der Waals surface area contributed by atoms with Crippen molar-refractivity contribution in [2.45, 2.75) is 0 Å². The Labute approximate surface area is 87.2 Å². The van der Waals surface area contributed by atoms with Crippen LogP contribution in [0.15, 0.2) is 16.7 Å². The molecule has 0 aliphatic carbocycles. The van der Waals surface area contributed by atoms with Crippen LogP contribution in [0.25, 0.3) is 10.9 Å². The summed E-state index contributed by atoms with van der Waals surface area (Å²) in [5.41, 5.74) is 1.26. The second-order valence-corrected chi connectivity index (χ2v) is 3.74. The summed E-state index contributed by atoms with van der Waals surface area (Å²) in [6.45, 7) is 0. The molecule has 1 aromatic heterocycles. The first-order valence-electron chi connectivity index (χ1n) is 3.50. The van der Waals surface area contributed by atoms with Crippen LogP contribution in [0.1, 0.15) is 10.4 Å². The maximum Gasteiger partial charge on any atom is 0.152 e. The smallest absolute Gasteiger partial charge is 0.152 e. The molecule has 0 atom stereocenters. The molecule has 0 fully saturated rings. The van der Waals surface area contributed by atoms with Crippen LogP contribution in [-0.2, 0) is 0 Å². The molecule has 13 heavy (non-hydrogen) atoms. The number of fused-ring (bicyclic) bond motifs is 1. The number of aromatic amines is 1. The largest absolute Gasteiger partial charge is 0.298 e. The fourth-order valence-electron chi connectivity index (χ4n) is 1.14. The zero-order chi connectivity index (χ0) is 9.42. The second kappa shape index (κ2) is 3.12. The molecule has 3 nitrogen and oxygen atoms in total. The van der Waals surface area contributed by atoms with Crippen LogP contribution in [0.4, 0.5) is 0 Å². The van der Waals surface area contributed by atoms with E-state index in [-0.39, 0.29) is 0 Å². The molecule has 0 aliphatic rings. The van der Waals surface area contributed by atoms with Crippen molar-refractivity contribution >= 4 is 44.7 Å². The number of H-pyrrole nitrogens is 1. The van der Waals surface area contributed by atoms with E-state index in [1.54, 1.807) is 12.3 Å². The van der Waals surface area contributed by atoms with Crippen LogP contribution in [0.5, 0.6) is 0 Å². The van der Waals surface area contributed by atoms with E-state index >= 15 is 0 Å². The third kappa shape index (κ3) is 1.26. The average molecular weight is 259 g/mol. The third-order valence-electron chi connectivity index (χ3n) is 1.79. The highest BCUT2D eigenvalue weighted by atomic mass is 79.9. The summed E-state index contributed by atoms with van der Waals surface area (Å²) in [7, 11) is 0. The molecular weight excluding hydrogens is 255 g/mol. The van der Waals surface area contributed by atoms with Crippen molar-refractivity contribution in [1.29, 1.82) is 0 Å². The molecule has 1 aromatic carbocycles. The van der Waals surface area contributed by atoms with Crippen LogP contribution < -0.4 is 0 Å². The van der Waals surface area contributed by atoms with Gasteiger partial charge in [-0.15, -0.1) is 0 Å². The SMILES string of the molecule is O=Cc1c(Cl)cc2[nH]ncc2c1Br. The maximum absolute atomic E-state index is 10.7. The number of benzene rings is 1. The van der Waals surface area contributed by atoms with E-state index in [4.69, 9.17) is 11.6 Å². The fourth-order valence-corrected chi connectivity index (χ4v) is 2.13.